The van der Waals surface area contributed by atoms with Gasteiger partial charge in [0, 0.05) is 31.4 Å². The van der Waals surface area contributed by atoms with E-state index in [9.17, 15) is 17.6 Å². The summed E-state index contributed by atoms with van der Waals surface area (Å²) in [7, 11) is -3.80. The Hall–Kier alpha value is -2.65. The first kappa shape index (κ1) is 24.5. The van der Waals surface area contributed by atoms with Gasteiger partial charge in [0.1, 0.15) is 5.82 Å². The SMILES string of the molecule is CCOC(=O)[C@H]1CCCN(C2CCN(c3cccc(NS(=O)(=O)c4ccc(F)cc4)c3)CC2)C1. The number of benzene rings is 2. The number of nitrogens with zero attached hydrogens (tertiary/aromatic N) is 2. The summed E-state index contributed by atoms with van der Waals surface area (Å²) in [5, 5.41) is 0. The van der Waals surface area contributed by atoms with Crippen LogP contribution >= 0.6 is 0 Å². The van der Waals surface area contributed by atoms with Crippen molar-refractivity contribution in [2.75, 3.05) is 42.4 Å². The van der Waals surface area contributed by atoms with Crippen molar-refractivity contribution in [2.45, 2.75) is 43.5 Å². The number of ether oxygens (including phenoxy) is 1. The van der Waals surface area contributed by atoms with Crippen molar-refractivity contribution < 1.29 is 22.3 Å². The molecule has 2 aliphatic heterocycles. The predicted octanol–water partition coefficient (Wildman–Crippen LogP) is 3.87. The Bertz CT molecular complexity index is 1090. The minimum absolute atomic E-state index is 0.0165. The van der Waals surface area contributed by atoms with Crippen LogP contribution < -0.4 is 9.62 Å². The number of nitrogens with one attached hydrogen (secondary N) is 1. The molecule has 0 saturated carbocycles. The van der Waals surface area contributed by atoms with Gasteiger partial charge >= 0.3 is 5.97 Å². The van der Waals surface area contributed by atoms with Crippen molar-refractivity contribution in [2.24, 2.45) is 5.92 Å². The highest BCUT2D eigenvalue weighted by atomic mass is 32.2. The molecule has 0 amide bonds. The molecule has 0 spiro atoms. The summed E-state index contributed by atoms with van der Waals surface area (Å²) in [6.45, 7) is 5.77. The number of rotatable bonds is 7. The van der Waals surface area contributed by atoms with Gasteiger partial charge in [-0.3, -0.25) is 14.4 Å². The molecular weight excluding hydrogens is 457 g/mol. The lowest BCUT2D eigenvalue weighted by molar-refractivity contribution is -0.150. The molecule has 2 aromatic rings. The molecule has 2 aromatic carbocycles. The molecule has 184 valence electrons. The molecule has 7 nitrogen and oxygen atoms in total. The monoisotopic (exact) mass is 489 g/mol. The Morgan fingerprint density at radius 3 is 2.53 bits per heavy atom. The number of hydrogen-bond donors (Lipinski definition) is 1. The zero-order valence-electron chi connectivity index (χ0n) is 19.5. The average molecular weight is 490 g/mol. The van der Waals surface area contributed by atoms with Gasteiger partial charge in [-0.25, -0.2) is 12.8 Å². The predicted molar refractivity (Wildman–Crippen MR) is 130 cm³/mol. The summed E-state index contributed by atoms with van der Waals surface area (Å²) in [5.41, 5.74) is 1.43. The van der Waals surface area contributed by atoms with Gasteiger partial charge in [0.25, 0.3) is 10.0 Å². The van der Waals surface area contributed by atoms with Crippen LogP contribution in [0.25, 0.3) is 0 Å². The van der Waals surface area contributed by atoms with Crippen molar-refractivity contribution in [1.82, 2.24) is 4.90 Å². The van der Waals surface area contributed by atoms with E-state index in [1.807, 2.05) is 25.1 Å². The highest BCUT2D eigenvalue weighted by Crippen LogP contribution is 2.28. The highest BCUT2D eigenvalue weighted by molar-refractivity contribution is 7.92. The Labute approximate surface area is 200 Å². The summed E-state index contributed by atoms with van der Waals surface area (Å²) < 4.78 is 46.3. The first-order chi connectivity index (χ1) is 16.4. The molecule has 2 saturated heterocycles. The van der Waals surface area contributed by atoms with Crippen LogP contribution in [0.3, 0.4) is 0 Å². The molecule has 9 heteroatoms. The van der Waals surface area contributed by atoms with Gasteiger partial charge in [-0.15, -0.1) is 0 Å². The molecule has 2 aliphatic rings. The average Bonchev–Trinajstić information content (AvgIpc) is 2.84. The highest BCUT2D eigenvalue weighted by Gasteiger charge is 2.32. The molecule has 2 fully saturated rings. The van der Waals surface area contributed by atoms with Crippen molar-refractivity contribution in [3.05, 3.63) is 54.3 Å². The smallest absolute Gasteiger partial charge is 0.310 e. The topological polar surface area (TPSA) is 79.0 Å². The number of carbonyl (C=O) groups excluding carboxylic acids is 1. The number of hydrogen-bond acceptors (Lipinski definition) is 6. The number of carbonyl (C=O) groups is 1. The second-order valence-electron chi connectivity index (χ2n) is 8.91. The summed E-state index contributed by atoms with van der Waals surface area (Å²) >= 11 is 0. The van der Waals surface area contributed by atoms with E-state index in [1.54, 1.807) is 6.07 Å². The second-order valence-corrected chi connectivity index (χ2v) is 10.6. The number of piperidine rings is 2. The molecular formula is C25H32FN3O4S. The molecule has 1 atom stereocenters. The minimum Gasteiger partial charge on any atom is -0.466 e. The number of sulfonamides is 1. The molecule has 0 aliphatic carbocycles. The van der Waals surface area contributed by atoms with Crippen LogP contribution in [0.2, 0.25) is 0 Å². The number of halogens is 1. The van der Waals surface area contributed by atoms with E-state index in [2.05, 4.69) is 14.5 Å². The lowest BCUT2D eigenvalue weighted by Gasteiger charge is -2.42. The Balaban J connectivity index is 1.35. The molecule has 0 bridgehead atoms. The minimum atomic E-state index is -3.80. The lowest BCUT2D eigenvalue weighted by atomic mass is 9.94. The van der Waals surface area contributed by atoms with E-state index in [1.165, 1.54) is 12.1 Å². The van der Waals surface area contributed by atoms with E-state index in [4.69, 9.17) is 4.74 Å². The van der Waals surface area contributed by atoms with Gasteiger partial charge in [-0.1, -0.05) is 6.07 Å². The van der Waals surface area contributed by atoms with Crippen molar-refractivity contribution in [3.8, 4) is 0 Å². The molecule has 34 heavy (non-hydrogen) atoms. The van der Waals surface area contributed by atoms with Crippen LogP contribution in [-0.2, 0) is 19.6 Å². The fraction of sp³-hybridized carbons (Fsp3) is 0.480. The largest absolute Gasteiger partial charge is 0.466 e. The van der Waals surface area contributed by atoms with Gasteiger partial charge < -0.3 is 9.64 Å². The maximum atomic E-state index is 13.1. The maximum absolute atomic E-state index is 13.1. The Morgan fingerprint density at radius 1 is 1.09 bits per heavy atom. The van der Waals surface area contributed by atoms with Crippen molar-refractivity contribution in [1.29, 1.82) is 0 Å². The zero-order valence-corrected chi connectivity index (χ0v) is 20.3. The van der Waals surface area contributed by atoms with Crippen LogP contribution in [0.5, 0.6) is 0 Å². The van der Waals surface area contributed by atoms with Crippen molar-refractivity contribution >= 4 is 27.4 Å². The van der Waals surface area contributed by atoms with Crippen LogP contribution in [-0.4, -0.2) is 58.1 Å². The molecule has 1 N–H and O–H groups in total. The molecule has 0 aromatic heterocycles. The van der Waals surface area contributed by atoms with Gasteiger partial charge in [-0.2, -0.15) is 0 Å². The second kappa shape index (κ2) is 10.7. The van der Waals surface area contributed by atoms with Crippen molar-refractivity contribution in [3.63, 3.8) is 0 Å². The number of likely N-dealkylation sites (tertiary alicyclic amines) is 1. The van der Waals surface area contributed by atoms with E-state index >= 15 is 0 Å². The van der Waals surface area contributed by atoms with Crippen LogP contribution in [0.4, 0.5) is 15.8 Å². The molecule has 0 radical (unpaired) electrons. The van der Waals surface area contributed by atoms with E-state index in [0.717, 1.165) is 69.7 Å². The van der Waals surface area contributed by atoms with E-state index < -0.39 is 15.8 Å². The summed E-state index contributed by atoms with van der Waals surface area (Å²) in [6.07, 6.45) is 3.89. The lowest BCUT2D eigenvalue weighted by Crippen LogP contribution is -2.49. The van der Waals surface area contributed by atoms with E-state index in [-0.39, 0.29) is 16.8 Å². The van der Waals surface area contributed by atoms with Crippen LogP contribution in [0.1, 0.15) is 32.6 Å². The summed E-state index contributed by atoms with van der Waals surface area (Å²) in [5.74, 6) is -0.590. The Morgan fingerprint density at radius 2 is 1.82 bits per heavy atom. The quantitative estimate of drug-likeness (QED) is 0.595. The van der Waals surface area contributed by atoms with Gasteiger partial charge in [0.05, 0.1) is 23.1 Å². The molecule has 0 unspecified atom stereocenters. The first-order valence-corrected chi connectivity index (χ1v) is 13.4. The standard InChI is InChI=1S/C25H32FN3O4S/c1-2-33-25(30)19-5-4-14-29(18-19)22-12-15-28(16-13-22)23-7-3-6-21(17-23)27-34(31,32)24-10-8-20(26)9-11-24/h3,6-11,17,19,22,27H,2,4-5,12-16,18H2,1H3/t19-/m0/s1. The fourth-order valence-electron chi connectivity index (χ4n) is 4.87. The Kier molecular flexibility index (Phi) is 7.73. The third-order valence-corrected chi connectivity index (χ3v) is 8.04. The number of anilines is 2. The summed E-state index contributed by atoms with van der Waals surface area (Å²) in [6, 6.07) is 12.6. The third-order valence-electron chi connectivity index (χ3n) is 6.64. The van der Waals surface area contributed by atoms with Gasteiger partial charge in [0.2, 0.25) is 0 Å². The van der Waals surface area contributed by atoms with Crippen LogP contribution in [0.15, 0.2) is 53.4 Å². The van der Waals surface area contributed by atoms with Gasteiger partial charge in [0.15, 0.2) is 0 Å². The first-order valence-electron chi connectivity index (χ1n) is 11.9. The fourth-order valence-corrected chi connectivity index (χ4v) is 5.92. The van der Waals surface area contributed by atoms with E-state index in [0.29, 0.717) is 18.3 Å². The normalized spacial score (nSPS) is 20.2. The molecule has 2 heterocycles. The number of esters is 1. The third kappa shape index (κ3) is 5.88. The zero-order chi connectivity index (χ0) is 24.1. The maximum Gasteiger partial charge on any atom is 0.310 e. The van der Waals surface area contributed by atoms with Gasteiger partial charge in [-0.05, 0) is 81.6 Å². The summed E-state index contributed by atoms with van der Waals surface area (Å²) in [4.78, 5) is 16.9. The molecule has 4 rings (SSSR count). The van der Waals surface area contributed by atoms with Crippen LogP contribution in [0, 0.1) is 11.7 Å².